The molecule has 0 amide bonds. The molecule has 3 heteroatoms. The van der Waals surface area contributed by atoms with Crippen LogP contribution >= 0.6 is 21.6 Å². The monoisotopic (exact) mass is 270 g/mol. The van der Waals surface area contributed by atoms with E-state index in [9.17, 15) is 0 Å². The van der Waals surface area contributed by atoms with Gasteiger partial charge in [0.25, 0.3) is 0 Å². The molecule has 0 rings (SSSR count). The van der Waals surface area contributed by atoms with Crippen LogP contribution in [-0.4, -0.2) is 11.5 Å². The van der Waals surface area contributed by atoms with Gasteiger partial charge in [0.15, 0.2) is 0 Å². The van der Waals surface area contributed by atoms with Crippen molar-refractivity contribution in [3.63, 3.8) is 0 Å². The minimum Gasteiger partial charge on any atom is -0.0942 e. The first-order chi connectivity index (χ1) is 5.91. The summed E-state index contributed by atoms with van der Waals surface area (Å²) in [6.07, 6.45) is 8.32. The molecule has 0 aromatic heterocycles. The van der Waals surface area contributed by atoms with Crippen molar-refractivity contribution in [2.75, 3.05) is 11.5 Å². The predicted molar refractivity (Wildman–Crippen MR) is 64.0 cm³/mol. The third-order valence-corrected chi connectivity index (χ3v) is 4.32. The molecule has 0 aliphatic rings. The van der Waals surface area contributed by atoms with Gasteiger partial charge in [0.1, 0.15) is 0 Å². The van der Waals surface area contributed by atoms with Crippen LogP contribution in [0.3, 0.4) is 0 Å². The summed E-state index contributed by atoms with van der Waals surface area (Å²) in [6, 6.07) is 0. The van der Waals surface area contributed by atoms with Gasteiger partial charge in [-0.25, -0.2) is 0 Å². The maximum absolute atomic E-state index is 2.26. The van der Waals surface area contributed by atoms with Crippen LogP contribution in [0, 0.1) is 0 Å². The zero-order valence-corrected chi connectivity index (χ0v) is 13.8. The van der Waals surface area contributed by atoms with Crippen LogP contribution in [0.15, 0.2) is 0 Å². The van der Waals surface area contributed by atoms with Crippen molar-refractivity contribution >= 4 is 21.6 Å². The molecule has 0 radical (unpaired) electrons. The van der Waals surface area contributed by atoms with Crippen molar-refractivity contribution in [3.05, 3.63) is 0 Å². The fourth-order valence-electron chi connectivity index (χ4n) is 0.940. The Balaban J connectivity index is 0. The second-order valence-corrected chi connectivity index (χ2v) is 5.76. The van der Waals surface area contributed by atoms with E-state index in [0.717, 1.165) is 0 Å². The Morgan fingerprint density at radius 3 is 1.38 bits per heavy atom. The molecule has 0 unspecified atom stereocenters. The average Bonchev–Trinajstić information content (AvgIpc) is 2.10. The molecule has 0 bridgehead atoms. The first-order valence-corrected chi connectivity index (χ1v) is 7.65. The maximum atomic E-state index is 2.26. The van der Waals surface area contributed by atoms with E-state index in [0.29, 0.717) is 0 Å². The van der Waals surface area contributed by atoms with Crippen LogP contribution < -0.4 is 0 Å². The van der Waals surface area contributed by atoms with Crippen LogP contribution in [0.25, 0.3) is 0 Å². The number of hydrogen-bond donors (Lipinski definition) is 0. The van der Waals surface area contributed by atoms with E-state index in [2.05, 4.69) is 35.4 Å². The van der Waals surface area contributed by atoms with Crippen molar-refractivity contribution in [1.29, 1.82) is 0 Å². The van der Waals surface area contributed by atoms with E-state index in [4.69, 9.17) is 0 Å². The molecule has 0 aromatic carbocycles. The molecule has 0 atom stereocenters. The van der Waals surface area contributed by atoms with Crippen LogP contribution in [0.2, 0.25) is 0 Å². The third-order valence-electron chi connectivity index (χ3n) is 1.75. The van der Waals surface area contributed by atoms with Crippen molar-refractivity contribution < 1.29 is 19.5 Å². The Labute approximate surface area is 105 Å². The summed E-state index contributed by atoms with van der Waals surface area (Å²) in [5.74, 6) is 2.70. The molecular weight excluding hydrogens is 250 g/mol. The first kappa shape index (κ1) is 16.7. The molecule has 0 aromatic rings. The van der Waals surface area contributed by atoms with Crippen LogP contribution in [0.4, 0.5) is 0 Å². The first-order valence-electron chi connectivity index (χ1n) is 5.16. The van der Waals surface area contributed by atoms with E-state index in [1.807, 2.05) is 0 Å². The van der Waals surface area contributed by atoms with Gasteiger partial charge in [-0.3, -0.25) is 0 Å². The smallest absolute Gasteiger partial charge is 0.00369 e. The molecule has 0 saturated heterocycles. The van der Waals surface area contributed by atoms with Crippen LogP contribution in [0.5, 0.6) is 0 Å². The van der Waals surface area contributed by atoms with Crippen molar-refractivity contribution in [2.45, 2.75) is 52.4 Å². The van der Waals surface area contributed by atoms with Gasteiger partial charge < -0.3 is 0 Å². The largest absolute Gasteiger partial charge is 0.0942 e. The maximum Gasteiger partial charge on any atom is 0.00369 e. The zero-order valence-electron chi connectivity index (χ0n) is 9.18. The van der Waals surface area contributed by atoms with E-state index < -0.39 is 0 Å². The molecule has 76 valence electrons. The quantitative estimate of drug-likeness (QED) is 0.337. The average molecular weight is 272 g/mol. The molecule has 13 heavy (non-hydrogen) atoms. The van der Waals surface area contributed by atoms with E-state index in [1.54, 1.807) is 0 Å². The van der Waals surface area contributed by atoms with E-state index in [1.165, 1.54) is 50.0 Å². The molecule has 0 heterocycles. The van der Waals surface area contributed by atoms with Crippen molar-refractivity contribution in [2.24, 2.45) is 0 Å². The van der Waals surface area contributed by atoms with Gasteiger partial charge in [0, 0.05) is 31.0 Å². The van der Waals surface area contributed by atoms with Crippen molar-refractivity contribution in [1.82, 2.24) is 0 Å². The summed E-state index contributed by atoms with van der Waals surface area (Å²) >= 11 is 0. The van der Waals surface area contributed by atoms with Gasteiger partial charge >= 0.3 is 0 Å². The standard InChI is InChI=1S/C10H22S2.Zn/c1-3-5-7-9-11-12-10-8-6-4-2;/h3-10H2,1-2H3;. The second-order valence-electron chi connectivity index (χ2n) is 3.06. The van der Waals surface area contributed by atoms with Gasteiger partial charge in [0.2, 0.25) is 0 Å². The van der Waals surface area contributed by atoms with Gasteiger partial charge in [-0.05, 0) is 12.8 Å². The molecule has 0 N–H and O–H groups in total. The number of rotatable bonds is 9. The molecule has 0 spiro atoms. The molecule has 0 aliphatic heterocycles. The Hall–Kier alpha value is 1.32. The summed E-state index contributed by atoms with van der Waals surface area (Å²) < 4.78 is 0. The number of unbranched alkanes of at least 4 members (excludes halogenated alkanes) is 4. The zero-order chi connectivity index (χ0) is 9.07. The van der Waals surface area contributed by atoms with Gasteiger partial charge in [0.05, 0.1) is 0 Å². The fraction of sp³-hybridized carbons (Fsp3) is 1.00. The molecular formula is C10H22S2Zn. The minimum atomic E-state index is 0. The summed E-state index contributed by atoms with van der Waals surface area (Å²) in [6.45, 7) is 4.53. The van der Waals surface area contributed by atoms with E-state index >= 15 is 0 Å². The Morgan fingerprint density at radius 1 is 0.692 bits per heavy atom. The SMILES string of the molecule is CCCCCSSCCCCC.[Zn]. The summed E-state index contributed by atoms with van der Waals surface area (Å²) in [4.78, 5) is 0. The Kier molecular flexibility index (Phi) is 20.3. The molecule has 0 nitrogen and oxygen atoms in total. The molecule has 0 aliphatic carbocycles. The summed E-state index contributed by atoms with van der Waals surface area (Å²) in [5.41, 5.74) is 0. The second kappa shape index (κ2) is 15.8. The number of hydrogen-bond acceptors (Lipinski definition) is 2. The normalized spacial score (nSPS) is 9.69. The van der Waals surface area contributed by atoms with Gasteiger partial charge in [-0.1, -0.05) is 61.1 Å². The van der Waals surface area contributed by atoms with Gasteiger partial charge in [-0.2, -0.15) is 0 Å². The van der Waals surface area contributed by atoms with Crippen molar-refractivity contribution in [3.8, 4) is 0 Å². The molecule has 0 saturated carbocycles. The topological polar surface area (TPSA) is 0 Å². The minimum absolute atomic E-state index is 0. The van der Waals surface area contributed by atoms with Crippen LogP contribution in [0.1, 0.15) is 52.4 Å². The molecule has 0 fully saturated rings. The predicted octanol–water partition coefficient (Wildman–Crippen LogP) is 4.75. The van der Waals surface area contributed by atoms with Crippen LogP contribution in [-0.2, 0) is 19.5 Å². The fourth-order valence-corrected chi connectivity index (χ4v) is 3.23. The van der Waals surface area contributed by atoms with Gasteiger partial charge in [-0.15, -0.1) is 0 Å². The summed E-state index contributed by atoms with van der Waals surface area (Å²) in [7, 11) is 4.12. The Morgan fingerprint density at radius 2 is 1.08 bits per heavy atom. The Bertz CT molecular complexity index is 69.3. The van der Waals surface area contributed by atoms with E-state index in [-0.39, 0.29) is 19.5 Å². The summed E-state index contributed by atoms with van der Waals surface area (Å²) in [5, 5.41) is 0. The third kappa shape index (κ3) is 16.0.